The van der Waals surface area contributed by atoms with Crippen LogP contribution in [0.1, 0.15) is 36.5 Å². The fourth-order valence-corrected chi connectivity index (χ4v) is 5.12. The van der Waals surface area contributed by atoms with Gasteiger partial charge in [-0.25, -0.2) is 8.42 Å². The molecule has 1 heterocycles. The van der Waals surface area contributed by atoms with Crippen LogP contribution >= 0.6 is 0 Å². The van der Waals surface area contributed by atoms with Crippen LogP contribution in [-0.2, 0) is 14.8 Å². The second-order valence-corrected chi connectivity index (χ2v) is 10.2. The fourth-order valence-electron chi connectivity index (χ4n) is 3.70. The number of carbonyl (C=O) groups excluding carboxylic acids is 1. The van der Waals surface area contributed by atoms with Crippen LogP contribution in [0.5, 0.6) is 0 Å². The summed E-state index contributed by atoms with van der Waals surface area (Å²) in [6.07, 6.45) is 0. The van der Waals surface area contributed by atoms with Gasteiger partial charge in [0.25, 0.3) is 0 Å². The zero-order chi connectivity index (χ0) is 21.9. The molecule has 0 spiro atoms. The van der Waals surface area contributed by atoms with Crippen LogP contribution in [0, 0.1) is 13.8 Å². The van der Waals surface area contributed by atoms with Crippen molar-refractivity contribution in [1.82, 2.24) is 9.21 Å². The van der Waals surface area contributed by atoms with E-state index in [1.54, 1.807) is 12.1 Å². The number of nitrogens with one attached hydrogen (secondary N) is 1. The number of carbonyl (C=O) groups is 1. The zero-order valence-corrected chi connectivity index (χ0v) is 19.0. The second-order valence-electron chi connectivity index (χ2n) is 8.22. The lowest BCUT2D eigenvalue weighted by atomic mass is 10.0. The maximum atomic E-state index is 12.9. The van der Waals surface area contributed by atoms with Crippen molar-refractivity contribution in [3.05, 3.63) is 59.2 Å². The van der Waals surface area contributed by atoms with Gasteiger partial charge in [0.05, 0.1) is 11.4 Å². The molecule has 0 unspecified atom stereocenters. The van der Waals surface area contributed by atoms with Gasteiger partial charge in [0.1, 0.15) is 0 Å². The van der Waals surface area contributed by atoms with E-state index in [9.17, 15) is 13.2 Å². The lowest BCUT2D eigenvalue weighted by molar-refractivity contribution is -0.117. The first-order chi connectivity index (χ1) is 14.2. The number of piperazine rings is 1. The van der Waals surface area contributed by atoms with Crippen molar-refractivity contribution in [2.75, 3.05) is 38.0 Å². The summed E-state index contributed by atoms with van der Waals surface area (Å²) in [6.45, 7) is 10.2. The maximum absolute atomic E-state index is 12.9. The summed E-state index contributed by atoms with van der Waals surface area (Å²) in [6, 6.07) is 13.1. The number of aryl methyl sites for hydroxylation is 2. The van der Waals surface area contributed by atoms with Crippen molar-refractivity contribution < 1.29 is 13.2 Å². The fraction of sp³-hybridized carbons (Fsp3) is 0.435. The van der Waals surface area contributed by atoms with E-state index in [1.165, 1.54) is 4.31 Å². The van der Waals surface area contributed by atoms with Crippen LogP contribution in [0.25, 0.3) is 0 Å². The quantitative estimate of drug-likeness (QED) is 0.764. The molecule has 6 nitrogen and oxygen atoms in total. The number of para-hydroxylation sites is 1. The number of hydrogen-bond acceptors (Lipinski definition) is 4. The van der Waals surface area contributed by atoms with E-state index in [-0.39, 0.29) is 12.5 Å². The van der Waals surface area contributed by atoms with Gasteiger partial charge in [-0.15, -0.1) is 0 Å². The lowest BCUT2D eigenvalue weighted by Gasteiger charge is -2.33. The normalized spacial score (nSPS) is 16.0. The summed E-state index contributed by atoms with van der Waals surface area (Å²) in [5, 5.41) is 2.99. The highest BCUT2D eigenvalue weighted by molar-refractivity contribution is 7.89. The van der Waals surface area contributed by atoms with E-state index >= 15 is 0 Å². The zero-order valence-electron chi connectivity index (χ0n) is 18.2. The van der Waals surface area contributed by atoms with Crippen molar-refractivity contribution >= 4 is 21.6 Å². The molecule has 3 rings (SSSR count). The molecule has 0 aromatic heterocycles. The first-order valence-corrected chi connectivity index (χ1v) is 11.8. The standard InChI is InChI=1S/C23H31N3O3S/c1-17(2)20-8-10-21(11-9-20)30(28,29)26-14-12-25(13-15-26)16-22(27)24-23-18(3)6-5-7-19(23)4/h5-11,17H,12-16H2,1-4H3,(H,24,27). The Kier molecular flexibility index (Phi) is 6.95. The highest BCUT2D eigenvalue weighted by Gasteiger charge is 2.29. The van der Waals surface area contributed by atoms with Crippen LogP contribution in [0.4, 0.5) is 5.69 Å². The summed E-state index contributed by atoms with van der Waals surface area (Å²) in [5.41, 5.74) is 4.03. The van der Waals surface area contributed by atoms with Crippen molar-refractivity contribution in [2.24, 2.45) is 0 Å². The van der Waals surface area contributed by atoms with E-state index < -0.39 is 10.0 Å². The molecule has 7 heteroatoms. The molecule has 1 aliphatic rings. The molecule has 2 aromatic carbocycles. The summed E-state index contributed by atoms with van der Waals surface area (Å²) in [7, 11) is -3.51. The van der Waals surface area contributed by atoms with Gasteiger partial charge < -0.3 is 5.32 Å². The smallest absolute Gasteiger partial charge is 0.243 e. The highest BCUT2D eigenvalue weighted by atomic mass is 32.2. The first kappa shape index (κ1) is 22.5. The van der Waals surface area contributed by atoms with Gasteiger partial charge in [-0.1, -0.05) is 44.2 Å². The number of anilines is 1. The molecule has 1 fully saturated rings. The minimum atomic E-state index is -3.51. The van der Waals surface area contributed by atoms with Gasteiger partial charge in [0, 0.05) is 31.9 Å². The molecule has 162 valence electrons. The van der Waals surface area contributed by atoms with Crippen molar-refractivity contribution in [3.63, 3.8) is 0 Å². The molecule has 0 saturated carbocycles. The maximum Gasteiger partial charge on any atom is 0.243 e. The van der Waals surface area contributed by atoms with Crippen LogP contribution in [0.15, 0.2) is 47.4 Å². The van der Waals surface area contributed by atoms with E-state index in [2.05, 4.69) is 19.2 Å². The van der Waals surface area contributed by atoms with Crippen LogP contribution in [0.2, 0.25) is 0 Å². The molecule has 0 bridgehead atoms. The molecule has 0 atom stereocenters. The summed E-state index contributed by atoms with van der Waals surface area (Å²) in [5.74, 6) is 0.285. The molecule has 1 amide bonds. The summed E-state index contributed by atoms with van der Waals surface area (Å²) >= 11 is 0. The molecular formula is C23H31N3O3S. The molecule has 1 saturated heterocycles. The lowest BCUT2D eigenvalue weighted by Crippen LogP contribution is -2.50. The predicted molar refractivity (Wildman–Crippen MR) is 120 cm³/mol. The number of amides is 1. The number of sulfonamides is 1. The Morgan fingerprint density at radius 3 is 2.07 bits per heavy atom. The third-order valence-electron chi connectivity index (χ3n) is 5.63. The molecule has 1 N–H and O–H groups in total. The van der Waals surface area contributed by atoms with Crippen LogP contribution in [0.3, 0.4) is 0 Å². The largest absolute Gasteiger partial charge is 0.324 e. The number of rotatable bonds is 6. The molecule has 30 heavy (non-hydrogen) atoms. The Morgan fingerprint density at radius 1 is 0.967 bits per heavy atom. The summed E-state index contributed by atoms with van der Waals surface area (Å²) < 4.78 is 27.4. The third-order valence-corrected chi connectivity index (χ3v) is 7.54. The van der Waals surface area contributed by atoms with E-state index in [0.29, 0.717) is 37.0 Å². The Balaban J connectivity index is 1.57. The Morgan fingerprint density at radius 2 is 1.53 bits per heavy atom. The highest BCUT2D eigenvalue weighted by Crippen LogP contribution is 2.22. The number of benzene rings is 2. The van der Waals surface area contributed by atoms with Crippen molar-refractivity contribution in [2.45, 2.75) is 38.5 Å². The SMILES string of the molecule is Cc1cccc(C)c1NC(=O)CN1CCN(S(=O)(=O)c2ccc(C(C)C)cc2)CC1. The predicted octanol–water partition coefficient (Wildman–Crippen LogP) is 3.37. The van der Waals surface area contributed by atoms with Gasteiger partial charge in [0.15, 0.2) is 0 Å². The Hall–Kier alpha value is -2.22. The number of hydrogen-bond donors (Lipinski definition) is 1. The monoisotopic (exact) mass is 429 g/mol. The molecular weight excluding hydrogens is 398 g/mol. The summed E-state index contributed by atoms with van der Waals surface area (Å²) in [4.78, 5) is 14.8. The van der Waals surface area contributed by atoms with Gasteiger partial charge in [-0.05, 0) is 48.6 Å². The van der Waals surface area contributed by atoms with Crippen molar-refractivity contribution in [1.29, 1.82) is 0 Å². The van der Waals surface area contributed by atoms with E-state index in [1.807, 2.05) is 49.1 Å². The number of nitrogens with zero attached hydrogens (tertiary/aromatic N) is 2. The van der Waals surface area contributed by atoms with Crippen LogP contribution < -0.4 is 5.32 Å². The second kappa shape index (κ2) is 9.29. The van der Waals surface area contributed by atoms with Gasteiger partial charge in [-0.3, -0.25) is 9.69 Å². The van der Waals surface area contributed by atoms with E-state index in [0.717, 1.165) is 22.4 Å². The van der Waals surface area contributed by atoms with Crippen LogP contribution in [-0.4, -0.2) is 56.3 Å². The van der Waals surface area contributed by atoms with E-state index in [4.69, 9.17) is 0 Å². The third kappa shape index (κ3) is 5.09. The minimum absolute atomic E-state index is 0.0759. The average molecular weight is 430 g/mol. The molecule has 2 aromatic rings. The van der Waals surface area contributed by atoms with Gasteiger partial charge >= 0.3 is 0 Å². The Labute approximate surface area is 179 Å². The van der Waals surface area contributed by atoms with Crippen molar-refractivity contribution in [3.8, 4) is 0 Å². The minimum Gasteiger partial charge on any atom is -0.324 e. The first-order valence-electron chi connectivity index (χ1n) is 10.4. The molecule has 1 aliphatic heterocycles. The van der Waals surface area contributed by atoms with Gasteiger partial charge in [-0.2, -0.15) is 4.31 Å². The average Bonchev–Trinajstić information content (AvgIpc) is 2.71. The topological polar surface area (TPSA) is 69.7 Å². The van der Waals surface area contributed by atoms with Gasteiger partial charge in [0.2, 0.25) is 15.9 Å². The molecule has 0 radical (unpaired) electrons. The molecule has 0 aliphatic carbocycles. The Bertz CT molecular complexity index is 973.